The number of imide groups is 1. The second kappa shape index (κ2) is 7.39. The number of amides is 2. The van der Waals surface area contributed by atoms with Crippen molar-refractivity contribution in [3.63, 3.8) is 0 Å². The summed E-state index contributed by atoms with van der Waals surface area (Å²) in [7, 11) is 0. The molecule has 0 N–H and O–H groups in total. The highest BCUT2D eigenvalue weighted by molar-refractivity contribution is 6.10. The molecule has 1 heterocycles. The van der Waals surface area contributed by atoms with Crippen LogP contribution in [0.3, 0.4) is 0 Å². The third-order valence-electron chi connectivity index (χ3n) is 4.53. The van der Waals surface area contributed by atoms with Crippen LogP contribution in [0, 0.1) is 0 Å². The fourth-order valence-electron chi connectivity index (χ4n) is 3.42. The van der Waals surface area contributed by atoms with Crippen LogP contribution in [0.5, 0.6) is 0 Å². The van der Waals surface area contributed by atoms with E-state index in [-0.39, 0.29) is 5.91 Å². The number of hydrogen-bond acceptors (Lipinski definition) is 3. The van der Waals surface area contributed by atoms with Crippen molar-refractivity contribution < 1.29 is 14.3 Å². The molecule has 3 rings (SSSR count). The van der Waals surface area contributed by atoms with E-state index in [2.05, 4.69) is 0 Å². The Labute approximate surface area is 160 Å². The van der Waals surface area contributed by atoms with Gasteiger partial charge in [-0.05, 0) is 56.9 Å². The fraction of sp³-hybridized carbons (Fsp3) is 0.304. The second-order valence-electron chi connectivity index (χ2n) is 7.65. The van der Waals surface area contributed by atoms with Gasteiger partial charge in [0.1, 0.15) is 5.60 Å². The molecule has 0 saturated carbocycles. The van der Waals surface area contributed by atoms with Gasteiger partial charge < -0.3 is 4.74 Å². The number of fused-ring (bicyclic) bond motifs is 1. The van der Waals surface area contributed by atoms with Gasteiger partial charge in [-0.2, -0.15) is 0 Å². The molecular weight excluding hydrogens is 338 g/mol. The van der Waals surface area contributed by atoms with E-state index in [4.69, 9.17) is 4.74 Å². The van der Waals surface area contributed by atoms with E-state index in [0.29, 0.717) is 12.0 Å². The minimum absolute atomic E-state index is 0.314. The normalized spacial score (nSPS) is 18.4. The Bertz CT molecular complexity index is 878. The fourth-order valence-corrected chi connectivity index (χ4v) is 3.42. The van der Waals surface area contributed by atoms with Crippen molar-refractivity contribution in [2.24, 2.45) is 0 Å². The molecule has 4 nitrogen and oxygen atoms in total. The molecule has 1 aliphatic heterocycles. The summed E-state index contributed by atoms with van der Waals surface area (Å²) >= 11 is 0. The highest BCUT2D eigenvalue weighted by Gasteiger charge is 2.41. The van der Waals surface area contributed by atoms with Crippen molar-refractivity contribution in [1.82, 2.24) is 4.90 Å². The lowest BCUT2D eigenvalue weighted by Crippen LogP contribution is -2.51. The van der Waals surface area contributed by atoms with Crippen molar-refractivity contribution in [3.8, 4) is 0 Å². The Hall–Kier alpha value is -2.88. The highest BCUT2D eigenvalue weighted by atomic mass is 16.6. The molecule has 140 valence electrons. The molecule has 0 spiro atoms. The monoisotopic (exact) mass is 363 g/mol. The molecule has 0 bridgehead atoms. The van der Waals surface area contributed by atoms with Gasteiger partial charge in [0.15, 0.2) is 0 Å². The largest absolute Gasteiger partial charge is 0.443 e. The van der Waals surface area contributed by atoms with Crippen molar-refractivity contribution in [3.05, 3.63) is 77.4 Å². The molecule has 1 atom stereocenters. The maximum absolute atomic E-state index is 13.2. The number of carbonyl (C=O) groups excluding carboxylic acids is 2. The number of rotatable bonds is 2. The zero-order valence-corrected chi connectivity index (χ0v) is 16.2. The Kier molecular flexibility index (Phi) is 5.17. The number of allylic oxidation sites excluding steroid dienone is 1. The molecule has 0 aromatic heterocycles. The lowest BCUT2D eigenvalue weighted by atomic mass is 9.85. The topological polar surface area (TPSA) is 46.6 Å². The van der Waals surface area contributed by atoms with Gasteiger partial charge in [0.2, 0.25) is 0 Å². The van der Waals surface area contributed by atoms with E-state index in [0.717, 1.165) is 16.7 Å². The van der Waals surface area contributed by atoms with Crippen molar-refractivity contribution in [2.45, 2.75) is 45.8 Å². The molecule has 2 amide bonds. The molecule has 27 heavy (non-hydrogen) atoms. The zero-order chi connectivity index (χ0) is 19.6. The molecule has 0 radical (unpaired) electrons. The van der Waals surface area contributed by atoms with Crippen molar-refractivity contribution in [2.75, 3.05) is 0 Å². The Morgan fingerprint density at radius 3 is 2.22 bits per heavy atom. The second-order valence-corrected chi connectivity index (χ2v) is 7.65. The van der Waals surface area contributed by atoms with Gasteiger partial charge in [-0.15, -0.1) is 0 Å². The van der Waals surface area contributed by atoms with E-state index >= 15 is 0 Å². The number of hydrogen-bond donors (Lipinski definition) is 0. The standard InChI is InChI=1S/C23H25NO3/c1-5-17-18-13-9-10-14-19(18)21(25)24(22(26)27-23(2,3)4)20(17)15-16-11-7-6-8-12-16/h5-14,20H,15H2,1-4H3/b17-5-/t20-/m0/s1. The lowest BCUT2D eigenvalue weighted by Gasteiger charge is -2.38. The van der Waals surface area contributed by atoms with Crippen LogP contribution in [-0.2, 0) is 11.2 Å². The number of benzene rings is 2. The summed E-state index contributed by atoms with van der Waals surface area (Å²) < 4.78 is 5.56. The average Bonchev–Trinajstić information content (AvgIpc) is 2.61. The van der Waals surface area contributed by atoms with E-state index in [1.165, 1.54) is 4.90 Å². The zero-order valence-electron chi connectivity index (χ0n) is 16.2. The van der Waals surface area contributed by atoms with Crippen LogP contribution in [-0.4, -0.2) is 28.5 Å². The van der Waals surface area contributed by atoms with Gasteiger partial charge in [-0.1, -0.05) is 54.6 Å². The molecule has 4 heteroatoms. The molecule has 0 fully saturated rings. The number of nitrogens with zero attached hydrogens (tertiary/aromatic N) is 1. The average molecular weight is 363 g/mol. The molecule has 0 aliphatic carbocycles. The van der Waals surface area contributed by atoms with Crippen LogP contribution in [0.25, 0.3) is 5.57 Å². The number of carbonyl (C=O) groups is 2. The third kappa shape index (κ3) is 3.95. The first-order chi connectivity index (χ1) is 12.8. The van der Waals surface area contributed by atoms with E-state index < -0.39 is 17.7 Å². The summed E-state index contributed by atoms with van der Waals surface area (Å²) in [5.74, 6) is -0.314. The first-order valence-electron chi connectivity index (χ1n) is 9.18. The summed E-state index contributed by atoms with van der Waals surface area (Å²) in [4.78, 5) is 27.4. The molecule has 2 aromatic rings. The summed E-state index contributed by atoms with van der Waals surface area (Å²) in [6.07, 6.45) is 1.91. The third-order valence-corrected chi connectivity index (χ3v) is 4.53. The van der Waals surface area contributed by atoms with Gasteiger partial charge >= 0.3 is 6.09 Å². The van der Waals surface area contributed by atoms with Gasteiger partial charge in [-0.25, -0.2) is 9.69 Å². The Morgan fingerprint density at radius 2 is 1.63 bits per heavy atom. The molecule has 0 unspecified atom stereocenters. The smallest absolute Gasteiger partial charge is 0.417 e. The summed E-state index contributed by atoms with van der Waals surface area (Å²) in [6, 6.07) is 16.9. The van der Waals surface area contributed by atoms with E-state index in [9.17, 15) is 9.59 Å². The molecular formula is C23H25NO3. The van der Waals surface area contributed by atoms with Crippen LogP contribution >= 0.6 is 0 Å². The summed E-state index contributed by atoms with van der Waals surface area (Å²) in [6.45, 7) is 7.34. The summed E-state index contributed by atoms with van der Waals surface area (Å²) in [5, 5.41) is 0. The van der Waals surface area contributed by atoms with Crippen LogP contribution in [0.2, 0.25) is 0 Å². The SMILES string of the molecule is C/C=C1/c2ccccc2C(=O)N(C(=O)OC(C)(C)C)[C@H]1Cc1ccccc1. The van der Waals surface area contributed by atoms with Crippen LogP contribution in [0.1, 0.15) is 49.2 Å². The number of ether oxygens (including phenoxy) is 1. The maximum atomic E-state index is 13.2. The lowest BCUT2D eigenvalue weighted by molar-refractivity contribution is 0.0197. The Morgan fingerprint density at radius 1 is 1.04 bits per heavy atom. The predicted octanol–water partition coefficient (Wildman–Crippen LogP) is 5.09. The van der Waals surface area contributed by atoms with Crippen molar-refractivity contribution in [1.29, 1.82) is 0 Å². The molecule has 2 aromatic carbocycles. The van der Waals surface area contributed by atoms with E-state index in [1.807, 2.05) is 61.5 Å². The summed E-state index contributed by atoms with van der Waals surface area (Å²) in [5.41, 5.74) is 2.75. The van der Waals surface area contributed by atoms with Gasteiger partial charge in [0.05, 0.1) is 6.04 Å². The van der Waals surface area contributed by atoms with Crippen LogP contribution in [0.15, 0.2) is 60.7 Å². The Balaban J connectivity index is 2.09. The van der Waals surface area contributed by atoms with Gasteiger partial charge in [0, 0.05) is 5.56 Å². The predicted molar refractivity (Wildman–Crippen MR) is 106 cm³/mol. The van der Waals surface area contributed by atoms with Gasteiger partial charge in [-0.3, -0.25) is 4.79 Å². The first kappa shape index (κ1) is 18.9. The van der Waals surface area contributed by atoms with Crippen molar-refractivity contribution >= 4 is 17.6 Å². The minimum Gasteiger partial charge on any atom is -0.443 e. The minimum atomic E-state index is -0.679. The maximum Gasteiger partial charge on any atom is 0.417 e. The quantitative estimate of drug-likeness (QED) is 0.746. The first-order valence-corrected chi connectivity index (χ1v) is 9.18. The van der Waals surface area contributed by atoms with Crippen LogP contribution < -0.4 is 0 Å². The highest BCUT2D eigenvalue weighted by Crippen LogP contribution is 2.35. The molecule has 0 saturated heterocycles. The van der Waals surface area contributed by atoms with Gasteiger partial charge in [0.25, 0.3) is 5.91 Å². The van der Waals surface area contributed by atoms with E-state index in [1.54, 1.807) is 26.8 Å². The van der Waals surface area contributed by atoms with Crippen LogP contribution in [0.4, 0.5) is 4.79 Å². The molecule has 1 aliphatic rings.